The number of nitrogens with zero attached hydrogens (tertiary/aromatic N) is 3. The van der Waals surface area contributed by atoms with Gasteiger partial charge in [0.25, 0.3) is 0 Å². The SMILES string of the molecule is COc1nc(NCC2CC(O)C2)nc(OC)n1. The van der Waals surface area contributed by atoms with Gasteiger partial charge in [0.05, 0.1) is 20.3 Å². The maximum Gasteiger partial charge on any atom is 0.324 e. The molecular formula is C10H16N4O3. The fraction of sp³-hybridized carbons (Fsp3) is 0.700. The minimum absolute atomic E-state index is 0.149. The minimum Gasteiger partial charge on any atom is -0.467 e. The van der Waals surface area contributed by atoms with E-state index in [-0.39, 0.29) is 18.1 Å². The van der Waals surface area contributed by atoms with Gasteiger partial charge in [-0.3, -0.25) is 0 Å². The first-order valence-electron chi connectivity index (χ1n) is 5.47. The van der Waals surface area contributed by atoms with E-state index in [2.05, 4.69) is 20.3 Å². The van der Waals surface area contributed by atoms with Crippen LogP contribution in [0.2, 0.25) is 0 Å². The molecule has 7 heteroatoms. The van der Waals surface area contributed by atoms with Crippen LogP contribution in [0.15, 0.2) is 0 Å². The summed E-state index contributed by atoms with van der Waals surface area (Å²) in [5.74, 6) is 0.897. The maximum absolute atomic E-state index is 9.17. The number of aliphatic hydroxyl groups excluding tert-OH is 1. The molecule has 1 heterocycles. The molecule has 0 spiro atoms. The Bertz CT molecular complexity index is 360. The van der Waals surface area contributed by atoms with Crippen LogP contribution < -0.4 is 14.8 Å². The Hall–Kier alpha value is -1.63. The lowest BCUT2D eigenvalue weighted by Crippen LogP contribution is -2.33. The van der Waals surface area contributed by atoms with Crippen molar-refractivity contribution >= 4 is 5.95 Å². The van der Waals surface area contributed by atoms with Crippen molar-refractivity contribution in [2.24, 2.45) is 5.92 Å². The summed E-state index contributed by atoms with van der Waals surface area (Å²) in [5.41, 5.74) is 0. The zero-order chi connectivity index (χ0) is 12.3. The van der Waals surface area contributed by atoms with Crippen LogP contribution in [0.5, 0.6) is 12.0 Å². The number of rotatable bonds is 5. The van der Waals surface area contributed by atoms with Gasteiger partial charge >= 0.3 is 12.0 Å². The third-order valence-electron chi connectivity index (χ3n) is 2.72. The summed E-state index contributed by atoms with van der Waals surface area (Å²) >= 11 is 0. The molecule has 0 unspecified atom stereocenters. The largest absolute Gasteiger partial charge is 0.467 e. The monoisotopic (exact) mass is 240 g/mol. The van der Waals surface area contributed by atoms with Gasteiger partial charge in [0.1, 0.15) is 0 Å². The molecule has 1 aliphatic rings. The van der Waals surface area contributed by atoms with Gasteiger partial charge in [-0.2, -0.15) is 9.97 Å². The third kappa shape index (κ3) is 2.94. The van der Waals surface area contributed by atoms with E-state index < -0.39 is 0 Å². The minimum atomic E-state index is -0.149. The second kappa shape index (κ2) is 5.13. The molecule has 1 aliphatic carbocycles. The summed E-state index contributed by atoms with van der Waals surface area (Å²) < 4.78 is 9.88. The number of ether oxygens (including phenoxy) is 2. The van der Waals surface area contributed by atoms with Crippen LogP contribution in [0.1, 0.15) is 12.8 Å². The molecule has 1 fully saturated rings. The van der Waals surface area contributed by atoms with Gasteiger partial charge in [0, 0.05) is 6.54 Å². The molecule has 2 N–H and O–H groups in total. The van der Waals surface area contributed by atoms with Crippen LogP contribution in [0.25, 0.3) is 0 Å². The van der Waals surface area contributed by atoms with Gasteiger partial charge < -0.3 is 19.9 Å². The van der Waals surface area contributed by atoms with E-state index in [1.165, 1.54) is 14.2 Å². The van der Waals surface area contributed by atoms with E-state index in [0.29, 0.717) is 11.9 Å². The van der Waals surface area contributed by atoms with E-state index in [1.807, 2.05) is 0 Å². The standard InChI is InChI=1S/C10H16N4O3/c1-16-9-12-8(13-10(14-9)17-2)11-5-6-3-7(15)4-6/h6-7,15H,3-5H2,1-2H3,(H,11,12,13,14). The van der Waals surface area contributed by atoms with Crippen molar-refractivity contribution in [2.75, 3.05) is 26.1 Å². The number of nitrogens with one attached hydrogen (secondary N) is 1. The summed E-state index contributed by atoms with van der Waals surface area (Å²) in [6.45, 7) is 0.730. The summed E-state index contributed by atoms with van der Waals surface area (Å²) in [5, 5.41) is 12.3. The molecule has 17 heavy (non-hydrogen) atoms. The van der Waals surface area contributed by atoms with Gasteiger partial charge in [-0.1, -0.05) is 0 Å². The third-order valence-corrected chi connectivity index (χ3v) is 2.72. The van der Waals surface area contributed by atoms with E-state index in [1.54, 1.807) is 0 Å². The Kier molecular flexibility index (Phi) is 3.58. The van der Waals surface area contributed by atoms with Crippen molar-refractivity contribution < 1.29 is 14.6 Å². The second-order valence-electron chi connectivity index (χ2n) is 4.00. The number of aromatic nitrogens is 3. The second-order valence-corrected chi connectivity index (χ2v) is 4.00. The maximum atomic E-state index is 9.17. The first-order valence-corrected chi connectivity index (χ1v) is 5.47. The van der Waals surface area contributed by atoms with Crippen molar-refractivity contribution in [3.8, 4) is 12.0 Å². The highest BCUT2D eigenvalue weighted by Gasteiger charge is 2.26. The lowest BCUT2D eigenvalue weighted by atomic mass is 9.82. The highest BCUT2D eigenvalue weighted by atomic mass is 16.5. The van der Waals surface area contributed by atoms with E-state index in [9.17, 15) is 5.11 Å². The molecular weight excluding hydrogens is 224 g/mol. The summed E-state index contributed by atoms with van der Waals surface area (Å²) in [6.07, 6.45) is 1.50. The highest BCUT2D eigenvalue weighted by molar-refractivity contribution is 5.27. The van der Waals surface area contributed by atoms with Crippen LogP contribution in [-0.4, -0.2) is 46.9 Å². The van der Waals surface area contributed by atoms with Gasteiger partial charge in [-0.15, -0.1) is 4.98 Å². The predicted octanol–water partition coefficient (Wildman–Crippen LogP) is 0.0716. The number of aliphatic hydroxyl groups is 1. The molecule has 1 aromatic rings. The number of hydrogen-bond acceptors (Lipinski definition) is 7. The quantitative estimate of drug-likeness (QED) is 0.752. The average molecular weight is 240 g/mol. The Morgan fingerprint density at radius 2 is 1.76 bits per heavy atom. The molecule has 1 saturated carbocycles. The first-order chi connectivity index (χ1) is 8.21. The van der Waals surface area contributed by atoms with Crippen LogP contribution in [0, 0.1) is 5.92 Å². The Morgan fingerprint density at radius 1 is 1.18 bits per heavy atom. The topological polar surface area (TPSA) is 89.4 Å². The lowest BCUT2D eigenvalue weighted by molar-refractivity contribution is 0.0486. The Labute approximate surface area is 99.2 Å². The molecule has 0 saturated heterocycles. The normalized spacial score (nSPS) is 22.8. The lowest BCUT2D eigenvalue weighted by Gasteiger charge is -2.31. The molecule has 0 aliphatic heterocycles. The smallest absolute Gasteiger partial charge is 0.324 e. The van der Waals surface area contributed by atoms with Gasteiger partial charge in [-0.05, 0) is 18.8 Å². The van der Waals surface area contributed by atoms with Crippen LogP contribution in [0.3, 0.4) is 0 Å². The Morgan fingerprint density at radius 3 is 2.24 bits per heavy atom. The van der Waals surface area contributed by atoms with Crippen molar-refractivity contribution in [3.63, 3.8) is 0 Å². The molecule has 0 bridgehead atoms. The summed E-state index contributed by atoms with van der Waals surface area (Å²) in [6, 6.07) is 0.431. The van der Waals surface area contributed by atoms with Gasteiger partial charge in [0.15, 0.2) is 0 Å². The van der Waals surface area contributed by atoms with E-state index in [4.69, 9.17) is 9.47 Å². The van der Waals surface area contributed by atoms with Crippen LogP contribution in [-0.2, 0) is 0 Å². The zero-order valence-corrected chi connectivity index (χ0v) is 9.88. The predicted molar refractivity (Wildman–Crippen MR) is 60.2 cm³/mol. The van der Waals surface area contributed by atoms with Crippen molar-refractivity contribution in [3.05, 3.63) is 0 Å². The molecule has 2 rings (SSSR count). The molecule has 0 amide bonds. The van der Waals surface area contributed by atoms with Gasteiger partial charge in [0.2, 0.25) is 5.95 Å². The molecule has 0 radical (unpaired) electrons. The Balaban J connectivity index is 1.94. The molecule has 0 atom stereocenters. The van der Waals surface area contributed by atoms with Crippen molar-refractivity contribution in [2.45, 2.75) is 18.9 Å². The fourth-order valence-electron chi connectivity index (χ4n) is 1.70. The molecule has 7 nitrogen and oxygen atoms in total. The fourth-order valence-corrected chi connectivity index (χ4v) is 1.70. The van der Waals surface area contributed by atoms with Crippen LogP contribution >= 0.6 is 0 Å². The molecule has 0 aromatic carbocycles. The average Bonchev–Trinajstić information content (AvgIpc) is 2.32. The summed E-state index contributed by atoms with van der Waals surface area (Å²) in [7, 11) is 2.97. The molecule has 1 aromatic heterocycles. The number of anilines is 1. The van der Waals surface area contributed by atoms with Crippen LogP contribution in [0.4, 0.5) is 5.95 Å². The van der Waals surface area contributed by atoms with Gasteiger partial charge in [-0.25, -0.2) is 0 Å². The first kappa shape index (κ1) is 11.8. The zero-order valence-electron chi connectivity index (χ0n) is 9.88. The molecule has 94 valence electrons. The summed E-state index contributed by atoms with van der Waals surface area (Å²) in [4.78, 5) is 12.0. The highest BCUT2D eigenvalue weighted by Crippen LogP contribution is 2.27. The number of methoxy groups -OCH3 is 2. The van der Waals surface area contributed by atoms with E-state index >= 15 is 0 Å². The van der Waals surface area contributed by atoms with Crippen molar-refractivity contribution in [1.82, 2.24) is 15.0 Å². The van der Waals surface area contributed by atoms with Crippen molar-refractivity contribution in [1.29, 1.82) is 0 Å². The van der Waals surface area contributed by atoms with E-state index in [0.717, 1.165) is 19.4 Å². The number of hydrogen-bond donors (Lipinski definition) is 2.